The average Bonchev–Trinajstić information content (AvgIpc) is 3.66. The van der Waals surface area contributed by atoms with Gasteiger partial charge in [0.25, 0.3) is 0 Å². The topological polar surface area (TPSA) is 119 Å². The minimum atomic E-state index is -0.0578. The summed E-state index contributed by atoms with van der Waals surface area (Å²) in [5.41, 5.74) is 10.4. The maximum absolute atomic E-state index is 10.2. The predicted molar refractivity (Wildman–Crippen MR) is 158 cm³/mol. The van der Waals surface area contributed by atoms with Crippen molar-refractivity contribution in [3.63, 3.8) is 0 Å². The number of hydrogen-bond acceptors (Lipinski definition) is 5. The third-order valence-electron chi connectivity index (χ3n) is 8.10. The van der Waals surface area contributed by atoms with E-state index < -0.39 is 0 Å². The highest BCUT2D eigenvalue weighted by atomic mass is 14.5. The van der Waals surface area contributed by atoms with Gasteiger partial charge >= 0.3 is 0 Å². The van der Waals surface area contributed by atoms with Crippen molar-refractivity contribution in [3.8, 4) is 76.1 Å². The molecule has 0 spiro atoms. The summed E-state index contributed by atoms with van der Waals surface area (Å²) in [7, 11) is 0. The lowest BCUT2D eigenvalue weighted by Crippen LogP contribution is -1.99. The van der Waals surface area contributed by atoms with Crippen LogP contribution in [0.1, 0.15) is 33.4 Å². The molecule has 7 rings (SSSR count). The summed E-state index contributed by atoms with van der Waals surface area (Å²) in [6.07, 6.45) is 5.91. The summed E-state index contributed by atoms with van der Waals surface area (Å²) < 4.78 is 0. The Balaban J connectivity index is 1.88. The zero-order valence-electron chi connectivity index (χ0n) is 21.7. The Morgan fingerprint density at radius 3 is 0.905 bits per heavy atom. The second kappa shape index (κ2) is 8.82. The largest absolute Gasteiger partial charge is 0.192 e. The van der Waals surface area contributed by atoms with E-state index in [-0.39, 0.29) is 16.7 Å². The Bertz CT molecular complexity index is 2020. The molecule has 186 valence electrons. The molecule has 0 fully saturated rings. The molecule has 4 aromatic carbocycles. The highest BCUT2D eigenvalue weighted by Gasteiger charge is 2.44. The molecule has 0 N–H and O–H groups in total. The summed E-state index contributed by atoms with van der Waals surface area (Å²) in [5.74, 6) is 2.57. The van der Waals surface area contributed by atoms with Gasteiger partial charge < -0.3 is 0 Å². The fourth-order valence-electron chi connectivity index (χ4n) is 6.68. The summed E-state index contributed by atoms with van der Waals surface area (Å²) in [5, 5.41) is 50.8. The van der Waals surface area contributed by atoms with Crippen LogP contribution >= 0.6 is 0 Å². The summed E-state index contributed by atoms with van der Waals surface area (Å²) >= 11 is 0. The minimum absolute atomic E-state index is 0.0578. The lowest BCUT2D eigenvalue weighted by molar-refractivity contribution is 1.45. The van der Waals surface area contributed by atoms with Gasteiger partial charge in [0.1, 0.15) is 47.1 Å². The highest BCUT2D eigenvalue weighted by molar-refractivity contribution is 6.24. The van der Waals surface area contributed by atoms with Crippen molar-refractivity contribution in [1.82, 2.24) is 0 Å². The summed E-state index contributed by atoms with van der Waals surface area (Å²) in [6, 6.07) is 33.3. The van der Waals surface area contributed by atoms with Crippen LogP contribution in [-0.4, -0.2) is 0 Å². The standard InChI is InChI=1S/C37H13N5/c1-2-20(15-38)29-23-9-3-6-12-26(23)32-35(29)33-27-13-7-4-10-24(27)30(21(16-39)17-40)37(33)34-28-14-8-5-11-25(28)31(36(32)34)22(18-41)19-42/h1,3-14H/b29-20-. The molecule has 0 atom stereocenters. The Labute approximate surface area is 241 Å². The van der Waals surface area contributed by atoms with Crippen LogP contribution in [0.15, 0.2) is 89.5 Å². The minimum Gasteiger partial charge on any atom is -0.192 e. The van der Waals surface area contributed by atoms with Crippen LogP contribution in [0, 0.1) is 69.0 Å². The number of rotatable bonds is 0. The Morgan fingerprint density at radius 2 is 0.643 bits per heavy atom. The first-order valence-corrected chi connectivity index (χ1v) is 12.9. The third kappa shape index (κ3) is 2.82. The van der Waals surface area contributed by atoms with Crippen molar-refractivity contribution >= 4 is 16.7 Å². The van der Waals surface area contributed by atoms with Gasteiger partial charge in [-0.25, -0.2) is 0 Å². The monoisotopic (exact) mass is 527 g/mol. The van der Waals surface area contributed by atoms with Gasteiger partial charge in [-0.3, -0.25) is 0 Å². The fourth-order valence-corrected chi connectivity index (χ4v) is 6.68. The molecule has 5 nitrogen and oxygen atoms in total. The number of allylic oxidation sites excluding steroid dienone is 3. The van der Waals surface area contributed by atoms with Gasteiger partial charge in [0.05, 0.1) is 0 Å². The molecular weight excluding hydrogens is 514 g/mol. The van der Waals surface area contributed by atoms with Gasteiger partial charge in [0, 0.05) is 33.4 Å². The van der Waals surface area contributed by atoms with E-state index in [1.54, 1.807) is 0 Å². The molecule has 42 heavy (non-hydrogen) atoms. The molecule has 5 heteroatoms. The molecule has 0 amide bonds. The van der Waals surface area contributed by atoms with Crippen LogP contribution < -0.4 is 0 Å². The van der Waals surface area contributed by atoms with Crippen LogP contribution in [0.5, 0.6) is 0 Å². The number of nitrogens with zero attached hydrogens (tertiary/aromatic N) is 5. The van der Waals surface area contributed by atoms with Crippen molar-refractivity contribution in [1.29, 1.82) is 26.3 Å². The Hall–Kier alpha value is -6.89. The van der Waals surface area contributed by atoms with Gasteiger partial charge in [-0.15, -0.1) is 6.42 Å². The smallest absolute Gasteiger partial charge is 0.138 e. The molecule has 0 unspecified atom stereocenters. The normalized spacial score (nSPS) is 13.3. The van der Waals surface area contributed by atoms with Crippen LogP contribution in [-0.2, 0) is 0 Å². The van der Waals surface area contributed by atoms with Crippen LogP contribution in [0.2, 0.25) is 0 Å². The first-order chi connectivity index (χ1) is 20.6. The lowest BCUT2D eigenvalue weighted by atomic mass is 9.82. The molecule has 0 saturated carbocycles. The number of hydrogen-bond donors (Lipinski definition) is 0. The van der Waals surface area contributed by atoms with Crippen molar-refractivity contribution < 1.29 is 0 Å². The molecule has 0 radical (unpaired) electrons. The molecular formula is C37H13N5. The SMILES string of the molecule is C#C/C(C#N)=C1\c2ccccc2-c2c3c(c4c(c21)-c1ccccc1C4=C(C#N)C#N)-c1ccccc1C3=C(C#N)C#N. The predicted octanol–water partition coefficient (Wildman–Crippen LogP) is 7.28. The van der Waals surface area contributed by atoms with Crippen molar-refractivity contribution in [2.45, 2.75) is 0 Å². The first kappa shape index (κ1) is 24.2. The van der Waals surface area contributed by atoms with E-state index in [2.05, 4.69) is 36.3 Å². The Kier molecular flexibility index (Phi) is 5.08. The van der Waals surface area contributed by atoms with Gasteiger partial charge in [-0.05, 0) is 50.1 Å². The highest BCUT2D eigenvalue weighted by Crippen LogP contribution is 2.64. The molecule has 4 aromatic rings. The molecule has 0 saturated heterocycles. The molecule has 0 aliphatic heterocycles. The summed E-state index contributed by atoms with van der Waals surface area (Å²) in [6.45, 7) is 0. The molecule has 0 heterocycles. The molecule has 3 aliphatic rings. The van der Waals surface area contributed by atoms with Crippen molar-refractivity contribution in [2.24, 2.45) is 0 Å². The second-order valence-corrected chi connectivity index (χ2v) is 9.84. The zero-order chi connectivity index (χ0) is 29.1. The van der Waals surface area contributed by atoms with E-state index in [1.807, 2.05) is 72.8 Å². The molecule has 0 bridgehead atoms. The maximum atomic E-state index is 10.2. The van der Waals surface area contributed by atoms with E-state index in [1.165, 1.54) is 0 Å². The quantitative estimate of drug-likeness (QED) is 0.152. The number of fused-ring (bicyclic) bond motifs is 12. The van der Waals surface area contributed by atoms with Crippen LogP contribution in [0.3, 0.4) is 0 Å². The molecule has 0 aromatic heterocycles. The van der Waals surface area contributed by atoms with Crippen LogP contribution in [0.25, 0.3) is 50.1 Å². The lowest BCUT2D eigenvalue weighted by Gasteiger charge is -2.18. The van der Waals surface area contributed by atoms with Gasteiger partial charge in [-0.1, -0.05) is 78.7 Å². The van der Waals surface area contributed by atoms with E-state index in [0.717, 1.165) is 38.9 Å². The van der Waals surface area contributed by atoms with Crippen LogP contribution in [0.4, 0.5) is 0 Å². The number of nitriles is 5. The number of benzene rings is 4. The van der Waals surface area contributed by atoms with E-state index in [9.17, 15) is 26.3 Å². The Morgan fingerprint density at radius 1 is 0.381 bits per heavy atom. The van der Waals surface area contributed by atoms with Gasteiger partial charge in [-0.2, -0.15) is 26.3 Å². The van der Waals surface area contributed by atoms with E-state index >= 15 is 0 Å². The fraction of sp³-hybridized carbons (Fsp3) is 0. The second-order valence-electron chi connectivity index (χ2n) is 9.84. The van der Waals surface area contributed by atoms with Gasteiger partial charge in [0.2, 0.25) is 0 Å². The van der Waals surface area contributed by atoms with E-state index in [0.29, 0.717) is 44.5 Å². The van der Waals surface area contributed by atoms with E-state index in [4.69, 9.17) is 6.42 Å². The first-order valence-electron chi connectivity index (χ1n) is 12.9. The van der Waals surface area contributed by atoms with Crippen molar-refractivity contribution in [2.75, 3.05) is 0 Å². The average molecular weight is 528 g/mol. The zero-order valence-corrected chi connectivity index (χ0v) is 21.7. The van der Waals surface area contributed by atoms with Crippen molar-refractivity contribution in [3.05, 3.63) is 123 Å². The maximum Gasteiger partial charge on any atom is 0.138 e. The third-order valence-corrected chi connectivity index (χ3v) is 8.10. The summed E-state index contributed by atoms with van der Waals surface area (Å²) in [4.78, 5) is 0. The molecule has 3 aliphatic carbocycles. The number of terminal acetylenes is 1. The van der Waals surface area contributed by atoms with Gasteiger partial charge in [0.15, 0.2) is 0 Å².